The van der Waals surface area contributed by atoms with Gasteiger partial charge < -0.3 is 35.8 Å². The predicted molar refractivity (Wildman–Crippen MR) is 182 cm³/mol. The summed E-state index contributed by atoms with van der Waals surface area (Å²) in [5.41, 5.74) is 12.2. The molecule has 0 spiro atoms. The molecule has 0 bridgehead atoms. The summed E-state index contributed by atoms with van der Waals surface area (Å²) in [4.78, 5) is 50.2. The summed E-state index contributed by atoms with van der Waals surface area (Å²) in [6, 6.07) is 20.7. The molecule has 1 unspecified atom stereocenters. The van der Waals surface area contributed by atoms with E-state index in [1.807, 2.05) is 42.5 Å². The third-order valence-electron chi connectivity index (χ3n) is 8.51. The molecule has 0 fully saturated rings. The third-order valence-corrected chi connectivity index (χ3v) is 8.51. The first-order chi connectivity index (χ1) is 22.5. The number of anilines is 1. The Hall–Kier alpha value is -4.90. The van der Waals surface area contributed by atoms with Crippen molar-refractivity contribution < 1.29 is 28.4 Å². The Morgan fingerprint density at radius 1 is 1.00 bits per heavy atom. The lowest BCUT2D eigenvalue weighted by atomic mass is 9.98. The topological polar surface area (TPSA) is 143 Å². The quantitative estimate of drug-likeness (QED) is 0.103. The maximum absolute atomic E-state index is 13.4. The molecule has 11 heteroatoms. The van der Waals surface area contributed by atoms with Crippen molar-refractivity contribution in [3.05, 3.63) is 89.0 Å². The van der Waals surface area contributed by atoms with E-state index < -0.39 is 18.2 Å². The number of carbonyl (C=O) groups is 4. The first kappa shape index (κ1) is 35.0. The number of fused-ring (bicyclic) bond motifs is 3. The summed E-state index contributed by atoms with van der Waals surface area (Å²) in [6.07, 6.45) is 1.83. The number of nitrogens with two attached hydrogens (primary N) is 1. The number of urea groups is 1. The lowest BCUT2D eigenvalue weighted by Gasteiger charge is -2.31. The molecule has 0 saturated heterocycles. The number of amides is 5. The van der Waals surface area contributed by atoms with Crippen LogP contribution in [0.15, 0.2) is 66.7 Å². The Kier molecular flexibility index (Phi) is 12.0. The van der Waals surface area contributed by atoms with Crippen LogP contribution in [-0.4, -0.2) is 80.7 Å². The second-order valence-electron chi connectivity index (χ2n) is 12.7. The summed E-state index contributed by atoms with van der Waals surface area (Å²) >= 11 is 0. The Morgan fingerprint density at radius 3 is 2.28 bits per heavy atom. The Balaban J connectivity index is 1.48. The molecule has 1 atom stereocenters. The standard InChI is InChI=1S/C36H46N6O5/c1-5-19-42(3,4)22-25-16-17-27(40-34(44)33(39-24-43)15-10-18-38-35(37)45)20-26(25)21-41(2)36(46)47-23-32-30-13-8-6-11-28(30)29-12-7-9-14-31(29)32/h6-9,11-14,16-17,20,24,32-33H,5,10,15,18-19,21-23H2,1-4H3,(H4-,37,38,39,40,43,44,45)/p+1. The highest BCUT2D eigenvalue weighted by atomic mass is 16.6. The molecule has 1 aliphatic rings. The summed E-state index contributed by atoms with van der Waals surface area (Å²) in [5, 5.41) is 7.93. The zero-order chi connectivity index (χ0) is 34.0. The minimum Gasteiger partial charge on any atom is -0.448 e. The van der Waals surface area contributed by atoms with Crippen molar-refractivity contribution in [2.45, 2.75) is 51.2 Å². The van der Waals surface area contributed by atoms with Crippen LogP contribution in [0.4, 0.5) is 15.3 Å². The zero-order valence-electron chi connectivity index (χ0n) is 27.8. The van der Waals surface area contributed by atoms with Gasteiger partial charge in [0, 0.05) is 37.3 Å². The molecule has 3 aromatic rings. The summed E-state index contributed by atoms with van der Waals surface area (Å²) in [6.45, 7) is 4.64. The monoisotopic (exact) mass is 643 g/mol. The number of ether oxygens (including phenoxy) is 1. The number of nitrogens with zero attached hydrogens (tertiary/aromatic N) is 2. The van der Waals surface area contributed by atoms with Crippen LogP contribution in [-0.2, 0) is 27.4 Å². The predicted octanol–water partition coefficient (Wildman–Crippen LogP) is 4.56. The van der Waals surface area contributed by atoms with Crippen LogP contribution in [0.2, 0.25) is 0 Å². The average molecular weight is 644 g/mol. The molecular weight excluding hydrogens is 596 g/mol. The fourth-order valence-corrected chi connectivity index (χ4v) is 6.29. The zero-order valence-corrected chi connectivity index (χ0v) is 27.8. The molecule has 0 aromatic heterocycles. The summed E-state index contributed by atoms with van der Waals surface area (Å²) in [5.74, 6) is -0.428. The number of nitrogens with one attached hydrogen (secondary N) is 3. The molecule has 47 heavy (non-hydrogen) atoms. The highest BCUT2D eigenvalue weighted by Crippen LogP contribution is 2.44. The lowest BCUT2D eigenvalue weighted by Crippen LogP contribution is -2.41. The minimum absolute atomic E-state index is 0.0412. The number of primary amides is 1. The van der Waals surface area contributed by atoms with E-state index in [4.69, 9.17) is 10.5 Å². The minimum atomic E-state index is -0.797. The molecule has 11 nitrogen and oxygen atoms in total. The van der Waals surface area contributed by atoms with Gasteiger partial charge in [-0.2, -0.15) is 0 Å². The van der Waals surface area contributed by atoms with Gasteiger partial charge in [0.15, 0.2) is 0 Å². The van der Waals surface area contributed by atoms with Crippen LogP contribution >= 0.6 is 0 Å². The molecule has 250 valence electrons. The van der Waals surface area contributed by atoms with Crippen LogP contribution in [0.25, 0.3) is 11.1 Å². The van der Waals surface area contributed by atoms with Crippen LogP contribution < -0.4 is 21.7 Å². The van der Waals surface area contributed by atoms with Gasteiger partial charge in [0.2, 0.25) is 12.3 Å². The van der Waals surface area contributed by atoms with E-state index in [-0.39, 0.29) is 31.5 Å². The summed E-state index contributed by atoms with van der Waals surface area (Å²) < 4.78 is 6.66. The van der Waals surface area contributed by atoms with E-state index in [0.717, 1.165) is 46.2 Å². The van der Waals surface area contributed by atoms with Crippen molar-refractivity contribution in [3.8, 4) is 11.1 Å². The molecule has 3 aromatic carbocycles. The lowest BCUT2D eigenvalue weighted by molar-refractivity contribution is -0.903. The highest BCUT2D eigenvalue weighted by Gasteiger charge is 2.30. The van der Waals surface area contributed by atoms with E-state index in [2.05, 4.69) is 61.2 Å². The highest BCUT2D eigenvalue weighted by molar-refractivity contribution is 5.96. The summed E-state index contributed by atoms with van der Waals surface area (Å²) in [7, 11) is 6.05. The van der Waals surface area contributed by atoms with Crippen molar-refractivity contribution in [2.75, 3.05) is 46.2 Å². The maximum Gasteiger partial charge on any atom is 0.409 e. The third kappa shape index (κ3) is 9.32. The van der Waals surface area contributed by atoms with E-state index in [1.165, 1.54) is 11.1 Å². The smallest absolute Gasteiger partial charge is 0.409 e. The molecule has 0 aliphatic heterocycles. The van der Waals surface area contributed by atoms with E-state index in [1.54, 1.807) is 11.9 Å². The number of rotatable bonds is 16. The van der Waals surface area contributed by atoms with E-state index >= 15 is 0 Å². The van der Waals surface area contributed by atoms with Gasteiger partial charge in [-0.3, -0.25) is 9.59 Å². The number of hydrogen-bond donors (Lipinski definition) is 4. The molecule has 1 aliphatic carbocycles. The molecular formula is C36H47N6O5+. The molecule has 0 heterocycles. The van der Waals surface area contributed by atoms with E-state index in [9.17, 15) is 19.2 Å². The Bertz CT molecular complexity index is 1530. The second kappa shape index (κ2) is 16.1. The van der Waals surface area contributed by atoms with Crippen molar-refractivity contribution in [1.29, 1.82) is 0 Å². The van der Waals surface area contributed by atoms with Crippen molar-refractivity contribution in [3.63, 3.8) is 0 Å². The Labute approximate surface area is 277 Å². The SMILES string of the molecule is CCC[N+](C)(C)Cc1ccc(NC(=O)C(CCCNC(N)=O)NC=O)cc1CN(C)C(=O)OCC1c2ccccc2-c2ccccc21. The number of benzene rings is 3. The van der Waals surface area contributed by atoms with Gasteiger partial charge in [-0.25, -0.2) is 9.59 Å². The number of quaternary nitrogens is 1. The van der Waals surface area contributed by atoms with Crippen LogP contribution in [0, 0.1) is 0 Å². The van der Waals surface area contributed by atoms with Gasteiger partial charge in [0.1, 0.15) is 19.2 Å². The molecule has 4 rings (SSSR count). The maximum atomic E-state index is 13.4. The van der Waals surface area contributed by atoms with Gasteiger partial charge in [0.05, 0.1) is 20.6 Å². The van der Waals surface area contributed by atoms with Gasteiger partial charge in [0.25, 0.3) is 0 Å². The number of carbonyl (C=O) groups excluding carboxylic acids is 4. The van der Waals surface area contributed by atoms with Crippen LogP contribution in [0.1, 0.15) is 54.4 Å². The van der Waals surface area contributed by atoms with Crippen molar-refractivity contribution >= 4 is 30.1 Å². The molecule has 5 N–H and O–H groups in total. The molecule has 5 amide bonds. The van der Waals surface area contributed by atoms with Crippen molar-refractivity contribution in [2.24, 2.45) is 5.73 Å². The van der Waals surface area contributed by atoms with Gasteiger partial charge in [-0.05, 0) is 59.2 Å². The Morgan fingerprint density at radius 2 is 1.66 bits per heavy atom. The average Bonchev–Trinajstić information content (AvgIpc) is 3.35. The van der Waals surface area contributed by atoms with Gasteiger partial charge in [-0.15, -0.1) is 0 Å². The first-order valence-electron chi connectivity index (χ1n) is 16.1. The van der Waals surface area contributed by atoms with Gasteiger partial charge in [-0.1, -0.05) is 61.5 Å². The normalized spacial score (nSPS) is 12.8. The number of hydrogen-bond acceptors (Lipinski definition) is 5. The fraction of sp³-hybridized carbons (Fsp3) is 0.389. The van der Waals surface area contributed by atoms with Crippen LogP contribution in [0.3, 0.4) is 0 Å². The van der Waals surface area contributed by atoms with Crippen molar-refractivity contribution in [1.82, 2.24) is 15.5 Å². The van der Waals surface area contributed by atoms with Gasteiger partial charge >= 0.3 is 12.1 Å². The largest absolute Gasteiger partial charge is 0.448 e. The fourth-order valence-electron chi connectivity index (χ4n) is 6.29. The first-order valence-corrected chi connectivity index (χ1v) is 16.1. The van der Waals surface area contributed by atoms with E-state index in [0.29, 0.717) is 24.9 Å². The van der Waals surface area contributed by atoms with Crippen LogP contribution in [0.5, 0.6) is 0 Å². The molecule has 0 radical (unpaired) electrons. The molecule has 0 saturated carbocycles. The second-order valence-corrected chi connectivity index (χ2v) is 12.7.